The lowest BCUT2D eigenvalue weighted by molar-refractivity contribution is 0.547. The third-order valence-corrected chi connectivity index (χ3v) is 4.96. The van der Waals surface area contributed by atoms with Crippen LogP contribution in [0.3, 0.4) is 0 Å². The maximum absolute atomic E-state index is 13.3. The fraction of sp³-hybridized carbons (Fsp3) is 0.250. The van der Waals surface area contributed by atoms with Gasteiger partial charge in [0.05, 0.1) is 4.90 Å². The molecule has 0 aliphatic carbocycles. The highest BCUT2D eigenvalue weighted by Gasteiger charge is 2.22. The number of hydrogen-bond acceptors (Lipinski definition) is 2. The first kappa shape index (κ1) is 15.7. The summed E-state index contributed by atoms with van der Waals surface area (Å²) < 4.78 is 40.9. The number of rotatable bonds is 5. The van der Waals surface area contributed by atoms with Crippen LogP contribution in [-0.4, -0.2) is 8.42 Å². The molecular formula is C16H18FNO2S. The highest BCUT2D eigenvalue weighted by molar-refractivity contribution is 7.89. The van der Waals surface area contributed by atoms with Crippen LogP contribution in [0.4, 0.5) is 4.39 Å². The summed E-state index contributed by atoms with van der Waals surface area (Å²) in [5.41, 5.74) is 1.41. The maximum Gasteiger partial charge on any atom is 0.241 e. The van der Waals surface area contributed by atoms with Crippen LogP contribution in [0.2, 0.25) is 0 Å². The van der Waals surface area contributed by atoms with E-state index in [1.165, 1.54) is 12.1 Å². The van der Waals surface area contributed by atoms with Gasteiger partial charge in [0.1, 0.15) is 5.82 Å². The first-order valence-electron chi connectivity index (χ1n) is 6.77. The summed E-state index contributed by atoms with van der Waals surface area (Å²) in [6, 6.07) is 12.8. The topological polar surface area (TPSA) is 46.2 Å². The molecule has 0 amide bonds. The average molecular weight is 307 g/mol. The highest BCUT2D eigenvalue weighted by Crippen LogP contribution is 2.22. The zero-order valence-electron chi connectivity index (χ0n) is 12.0. The first-order chi connectivity index (χ1) is 9.94. The Morgan fingerprint density at radius 1 is 1.14 bits per heavy atom. The van der Waals surface area contributed by atoms with E-state index in [1.807, 2.05) is 37.3 Å². The van der Waals surface area contributed by atoms with Crippen molar-refractivity contribution in [2.75, 3.05) is 0 Å². The zero-order chi connectivity index (χ0) is 15.5. The predicted molar refractivity (Wildman–Crippen MR) is 80.9 cm³/mol. The van der Waals surface area contributed by atoms with Crippen LogP contribution in [0.1, 0.15) is 30.5 Å². The zero-order valence-corrected chi connectivity index (χ0v) is 12.8. The van der Waals surface area contributed by atoms with E-state index in [1.54, 1.807) is 6.92 Å². The van der Waals surface area contributed by atoms with Gasteiger partial charge in [-0.05, 0) is 36.6 Å². The molecule has 2 rings (SSSR count). The summed E-state index contributed by atoms with van der Waals surface area (Å²) in [7, 11) is -3.76. The van der Waals surface area contributed by atoms with E-state index < -0.39 is 15.8 Å². The molecule has 0 saturated carbocycles. The Labute approximate surface area is 124 Å². The third kappa shape index (κ3) is 3.68. The van der Waals surface area contributed by atoms with Crippen molar-refractivity contribution in [3.8, 4) is 0 Å². The predicted octanol–water partition coefficient (Wildman–Crippen LogP) is 3.56. The molecule has 1 atom stereocenters. The normalized spacial score (nSPS) is 13.1. The van der Waals surface area contributed by atoms with E-state index in [0.717, 1.165) is 11.6 Å². The van der Waals surface area contributed by atoms with Gasteiger partial charge >= 0.3 is 0 Å². The average Bonchev–Trinajstić information content (AvgIpc) is 2.48. The minimum atomic E-state index is -3.76. The van der Waals surface area contributed by atoms with Gasteiger partial charge in [0.2, 0.25) is 10.0 Å². The molecule has 0 saturated heterocycles. The largest absolute Gasteiger partial charge is 0.241 e. The van der Waals surface area contributed by atoms with Crippen molar-refractivity contribution in [2.24, 2.45) is 0 Å². The van der Waals surface area contributed by atoms with Crippen molar-refractivity contribution in [1.82, 2.24) is 4.72 Å². The minimum Gasteiger partial charge on any atom is -0.207 e. The molecule has 0 bridgehead atoms. The van der Waals surface area contributed by atoms with Crippen LogP contribution < -0.4 is 4.72 Å². The molecule has 0 aromatic heterocycles. The van der Waals surface area contributed by atoms with Gasteiger partial charge in [0.25, 0.3) is 0 Å². The summed E-state index contributed by atoms with van der Waals surface area (Å²) in [6.45, 7) is 3.55. The van der Waals surface area contributed by atoms with Crippen molar-refractivity contribution < 1.29 is 12.8 Å². The van der Waals surface area contributed by atoms with E-state index in [9.17, 15) is 12.8 Å². The fourth-order valence-electron chi connectivity index (χ4n) is 2.19. The molecule has 0 radical (unpaired) electrons. The molecule has 1 N–H and O–H groups in total. The van der Waals surface area contributed by atoms with Crippen molar-refractivity contribution in [1.29, 1.82) is 0 Å². The van der Waals surface area contributed by atoms with Crippen LogP contribution in [0.25, 0.3) is 0 Å². The van der Waals surface area contributed by atoms with E-state index in [-0.39, 0.29) is 10.9 Å². The van der Waals surface area contributed by atoms with Crippen LogP contribution in [-0.2, 0) is 10.0 Å². The van der Waals surface area contributed by atoms with Gasteiger partial charge in [-0.3, -0.25) is 0 Å². The second-order valence-electron chi connectivity index (χ2n) is 4.90. The second kappa shape index (κ2) is 6.37. The smallest absolute Gasteiger partial charge is 0.207 e. The van der Waals surface area contributed by atoms with E-state index in [0.29, 0.717) is 12.0 Å². The Morgan fingerprint density at radius 3 is 2.43 bits per heavy atom. The molecule has 0 spiro atoms. The Hall–Kier alpha value is -1.72. The van der Waals surface area contributed by atoms with Crippen LogP contribution >= 0.6 is 0 Å². The lowest BCUT2D eigenvalue weighted by Gasteiger charge is -2.18. The molecular weight excluding hydrogens is 289 g/mol. The summed E-state index contributed by atoms with van der Waals surface area (Å²) >= 11 is 0. The van der Waals surface area contributed by atoms with E-state index >= 15 is 0 Å². The van der Waals surface area contributed by atoms with Crippen molar-refractivity contribution in [3.05, 3.63) is 65.5 Å². The molecule has 0 aliphatic rings. The van der Waals surface area contributed by atoms with Crippen LogP contribution in [0, 0.1) is 12.7 Å². The van der Waals surface area contributed by atoms with Crippen molar-refractivity contribution in [3.63, 3.8) is 0 Å². The molecule has 0 fully saturated rings. The molecule has 1 unspecified atom stereocenters. The first-order valence-corrected chi connectivity index (χ1v) is 8.26. The van der Waals surface area contributed by atoms with Gasteiger partial charge in [-0.15, -0.1) is 0 Å². The van der Waals surface area contributed by atoms with Crippen molar-refractivity contribution >= 4 is 10.0 Å². The Morgan fingerprint density at radius 2 is 1.81 bits per heavy atom. The van der Waals surface area contributed by atoms with Gasteiger partial charge < -0.3 is 0 Å². The number of sulfonamides is 1. The fourth-order valence-corrected chi connectivity index (χ4v) is 3.75. The van der Waals surface area contributed by atoms with Gasteiger partial charge in [-0.2, -0.15) is 0 Å². The van der Waals surface area contributed by atoms with E-state index in [2.05, 4.69) is 4.72 Å². The summed E-state index contributed by atoms with van der Waals surface area (Å²) in [5, 5.41) is 0. The molecule has 2 aromatic carbocycles. The van der Waals surface area contributed by atoms with Gasteiger partial charge in [-0.25, -0.2) is 17.5 Å². The molecule has 5 heteroatoms. The van der Waals surface area contributed by atoms with Gasteiger partial charge in [0.15, 0.2) is 0 Å². The number of benzene rings is 2. The minimum absolute atomic E-state index is 0.0168. The standard InChI is InChI=1S/C16H18FNO2S/c1-3-15(13-7-5-4-6-8-13)18-21(19,20)16-11-14(17)10-9-12(16)2/h4-11,15,18H,3H2,1-2H3. The number of aryl methyl sites for hydroxylation is 1. The quantitative estimate of drug-likeness (QED) is 0.918. The summed E-state index contributed by atoms with van der Waals surface area (Å²) in [6.07, 6.45) is 0.609. The molecule has 21 heavy (non-hydrogen) atoms. The number of nitrogens with one attached hydrogen (secondary N) is 1. The lowest BCUT2D eigenvalue weighted by atomic mass is 10.1. The van der Waals surface area contributed by atoms with Gasteiger partial charge in [0, 0.05) is 6.04 Å². The van der Waals surface area contributed by atoms with E-state index in [4.69, 9.17) is 0 Å². The second-order valence-corrected chi connectivity index (χ2v) is 6.59. The molecule has 0 heterocycles. The maximum atomic E-state index is 13.3. The van der Waals surface area contributed by atoms with Crippen LogP contribution in [0.5, 0.6) is 0 Å². The summed E-state index contributed by atoms with van der Waals surface area (Å²) in [5.74, 6) is -0.561. The molecule has 0 aliphatic heterocycles. The highest BCUT2D eigenvalue weighted by atomic mass is 32.2. The Kier molecular flexibility index (Phi) is 4.75. The van der Waals surface area contributed by atoms with Gasteiger partial charge in [-0.1, -0.05) is 43.3 Å². The third-order valence-electron chi connectivity index (χ3n) is 3.35. The van der Waals surface area contributed by atoms with Crippen LogP contribution in [0.15, 0.2) is 53.4 Å². The number of halogens is 1. The summed E-state index contributed by atoms with van der Waals surface area (Å²) in [4.78, 5) is -0.0168. The monoisotopic (exact) mass is 307 g/mol. The molecule has 112 valence electrons. The van der Waals surface area contributed by atoms with Crippen molar-refractivity contribution in [2.45, 2.75) is 31.2 Å². The SMILES string of the molecule is CCC(NS(=O)(=O)c1cc(F)ccc1C)c1ccccc1. The Balaban J connectivity index is 2.34. The molecule has 3 nitrogen and oxygen atoms in total. The number of hydrogen-bond donors (Lipinski definition) is 1. The molecule has 2 aromatic rings. The lowest BCUT2D eigenvalue weighted by Crippen LogP contribution is -2.29. The Bertz CT molecular complexity index is 714.